The molecule has 0 aromatic carbocycles. The maximum absolute atomic E-state index is 9.28. The Morgan fingerprint density at radius 1 is 0.688 bits per heavy atom. The van der Waals surface area contributed by atoms with E-state index in [-0.39, 0.29) is 17.4 Å². The maximum atomic E-state index is 9.28. The Morgan fingerprint density at radius 3 is 0.750 bits per heavy atom. The van der Waals surface area contributed by atoms with E-state index in [0.717, 1.165) is 20.8 Å². The Hall–Kier alpha value is -1.18. The molecule has 0 saturated carbocycles. The molecule has 9 nitrogen and oxygen atoms in total. The van der Waals surface area contributed by atoms with Gasteiger partial charge in [0.05, 0.1) is 0 Å². The number of hydrogen-bond acceptors (Lipinski definition) is 9. The Kier molecular flexibility index (Phi) is 29.3. The van der Waals surface area contributed by atoms with Crippen molar-refractivity contribution in [3.63, 3.8) is 0 Å². The molecule has 0 fully saturated rings. The van der Waals surface area contributed by atoms with Crippen LogP contribution in [0.15, 0.2) is 0 Å². The van der Waals surface area contributed by atoms with Crippen LogP contribution in [0.3, 0.4) is 0 Å². The van der Waals surface area contributed by atoms with E-state index in [1.165, 1.54) is 0 Å². The fourth-order valence-corrected chi connectivity index (χ4v) is 0. The van der Waals surface area contributed by atoms with E-state index in [1.807, 2.05) is 0 Å². The summed E-state index contributed by atoms with van der Waals surface area (Å²) in [6, 6.07) is 0. The van der Waals surface area contributed by atoms with E-state index in [1.54, 1.807) is 0 Å². The van der Waals surface area contributed by atoms with Crippen LogP contribution in [-0.2, 0) is 29.0 Å². The van der Waals surface area contributed by atoms with Crippen molar-refractivity contribution in [1.82, 2.24) is 0 Å². The monoisotopic (exact) mass is 252 g/mol. The molecule has 0 radical (unpaired) electrons. The van der Waals surface area contributed by atoms with E-state index >= 15 is 0 Å². The second-order valence-corrected chi connectivity index (χ2v) is 1.72. The number of carbonyl (C=O) groups is 3. The van der Waals surface area contributed by atoms with E-state index in [4.69, 9.17) is 15.8 Å². The minimum Gasteiger partial charge on any atom is -0.662 e. The predicted octanol–water partition coefficient (Wildman–Crippen LogP) is -3.91. The Labute approximate surface area is 101 Å². The molecule has 0 rings (SSSR count). The Bertz CT molecular complexity index is 159. The first-order chi connectivity index (χ1) is 6.81. The molecule has 0 saturated heterocycles. The van der Waals surface area contributed by atoms with Crippen molar-refractivity contribution in [3.8, 4) is 0 Å². The summed E-state index contributed by atoms with van der Waals surface area (Å²) in [6.07, 6.45) is 0. The Morgan fingerprint density at radius 2 is 0.750 bits per heavy atom. The third kappa shape index (κ3) is 77.1. The molecule has 16 heavy (non-hydrogen) atoms. The average molecular weight is 252 g/mol. The average Bonchev–Trinajstić information content (AvgIpc) is 2.19. The van der Waals surface area contributed by atoms with Gasteiger partial charge >= 0.3 is 17.4 Å². The van der Waals surface area contributed by atoms with Gasteiger partial charge in [0.25, 0.3) is 17.9 Å². The van der Waals surface area contributed by atoms with Crippen molar-refractivity contribution in [1.29, 1.82) is 0 Å². The summed E-state index contributed by atoms with van der Waals surface area (Å²) in [6.45, 7) is 3.15. The molecule has 0 bridgehead atoms. The summed E-state index contributed by atoms with van der Waals surface area (Å²) in [7, 11) is 0. The summed E-state index contributed by atoms with van der Waals surface area (Å²) in [5.41, 5.74) is 0. The molecule has 0 aromatic rings. The largest absolute Gasteiger partial charge is 3.00 e. The first-order valence-corrected chi connectivity index (χ1v) is 3.22. The first-order valence-electron chi connectivity index (χ1n) is 3.22. The van der Waals surface area contributed by atoms with Crippen LogP contribution in [0.2, 0.25) is 0 Å². The summed E-state index contributed by atoms with van der Waals surface area (Å²) in [5.74, 6) is -2.40. The third-order valence-electron chi connectivity index (χ3n) is 0.352. The van der Waals surface area contributed by atoms with Crippen molar-refractivity contribution in [3.05, 3.63) is 0 Å². The van der Waals surface area contributed by atoms with Crippen LogP contribution in [0, 0.1) is 0 Å². The van der Waals surface area contributed by atoms with E-state index in [2.05, 4.69) is 14.7 Å². The van der Waals surface area contributed by atoms with Gasteiger partial charge in [-0.2, -0.15) is 0 Å². The van der Waals surface area contributed by atoms with Crippen LogP contribution >= 0.6 is 0 Å². The zero-order valence-electron chi connectivity index (χ0n) is 8.75. The molecule has 0 aromatic heterocycles. The summed E-state index contributed by atoms with van der Waals surface area (Å²) < 4.78 is 0. The third-order valence-corrected chi connectivity index (χ3v) is 0.352. The molecule has 0 atom stereocenters. The van der Waals surface area contributed by atoms with Gasteiger partial charge < -0.3 is 30.4 Å². The molecule has 0 unspecified atom stereocenters. The number of hydrogen-bond donors (Lipinski definition) is 0. The molecule has 0 aliphatic heterocycles. The van der Waals surface area contributed by atoms with Gasteiger partial charge in [0.2, 0.25) is 0 Å². The minimum absolute atomic E-state index is 0. The number of rotatable bonds is 0. The SMILES string of the molecule is CC(=O)O[O-].CC(=O)O[O-].CC(=O)O[O-].[Al+3]. The fraction of sp³-hybridized carbons (Fsp3) is 0.500. The van der Waals surface area contributed by atoms with E-state index < -0.39 is 17.9 Å². The van der Waals surface area contributed by atoms with Crippen LogP contribution < -0.4 is 15.8 Å². The van der Waals surface area contributed by atoms with Crippen LogP contribution in [0.5, 0.6) is 0 Å². The van der Waals surface area contributed by atoms with Gasteiger partial charge in [-0.3, -0.25) is 14.4 Å². The molecular weight excluding hydrogens is 243 g/mol. The summed E-state index contributed by atoms with van der Waals surface area (Å²) in [4.78, 5) is 36.4. The second kappa shape index (κ2) is 19.4. The van der Waals surface area contributed by atoms with Crippen LogP contribution in [-0.4, -0.2) is 35.3 Å². The molecular formula is C6H9AlO9. The van der Waals surface area contributed by atoms with Gasteiger partial charge in [0.15, 0.2) is 0 Å². The molecule has 90 valence electrons. The van der Waals surface area contributed by atoms with Crippen molar-refractivity contribution in [2.75, 3.05) is 0 Å². The van der Waals surface area contributed by atoms with E-state index in [0.29, 0.717) is 0 Å². The van der Waals surface area contributed by atoms with Crippen LogP contribution in [0.1, 0.15) is 20.8 Å². The maximum Gasteiger partial charge on any atom is 3.00 e. The standard InChI is InChI=1S/3C2H4O3.Al/c3*1-2(3)5-4;/h3*4H,1H3;/q;;;+3/p-3. The van der Waals surface area contributed by atoms with Crippen molar-refractivity contribution < 1.29 is 44.8 Å². The predicted molar refractivity (Wildman–Crippen MR) is 41.1 cm³/mol. The number of carbonyl (C=O) groups excluding carboxylic acids is 3. The van der Waals surface area contributed by atoms with Gasteiger partial charge in [-0.15, -0.1) is 0 Å². The molecule has 0 heterocycles. The van der Waals surface area contributed by atoms with Crippen molar-refractivity contribution in [2.24, 2.45) is 0 Å². The first kappa shape index (κ1) is 24.2. The van der Waals surface area contributed by atoms with Crippen molar-refractivity contribution in [2.45, 2.75) is 20.8 Å². The summed E-state index contributed by atoms with van der Waals surface area (Å²) in [5, 5.41) is 26.3. The summed E-state index contributed by atoms with van der Waals surface area (Å²) >= 11 is 0. The van der Waals surface area contributed by atoms with Gasteiger partial charge in [0, 0.05) is 20.8 Å². The smallest absolute Gasteiger partial charge is 0.662 e. The van der Waals surface area contributed by atoms with Gasteiger partial charge in [-0.05, 0) is 0 Å². The minimum atomic E-state index is -0.801. The van der Waals surface area contributed by atoms with E-state index in [9.17, 15) is 14.4 Å². The van der Waals surface area contributed by atoms with Gasteiger partial charge in [0.1, 0.15) is 0 Å². The molecule has 0 spiro atoms. The molecule has 10 heteroatoms. The van der Waals surface area contributed by atoms with Gasteiger partial charge in [-0.25, -0.2) is 0 Å². The molecule has 0 amide bonds. The van der Waals surface area contributed by atoms with Crippen LogP contribution in [0.4, 0.5) is 0 Å². The molecule has 0 aliphatic carbocycles. The van der Waals surface area contributed by atoms with Gasteiger partial charge in [-0.1, -0.05) is 0 Å². The molecule has 0 aliphatic rings. The second-order valence-electron chi connectivity index (χ2n) is 1.72. The Balaban J connectivity index is -0.0000000655. The zero-order valence-corrected chi connectivity index (χ0v) is 9.91. The fourth-order valence-electron chi connectivity index (χ4n) is 0. The molecule has 0 N–H and O–H groups in total. The van der Waals surface area contributed by atoms with Crippen LogP contribution in [0.25, 0.3) is 0 Å². The quantitative estimate of drug-likeness (QED) is 0.239. The topological polar surface area (TPSA) is 148 Å². The normalized spacial score (nSPS) is 6.38. The van der Waals surface area contributed by atoms with Crippen molar-refractivity contribution >= 4 is 35.3 Å². The zero-order chi connectivity index (χ0) is 12.9.